The molecule has 0 amide bonds. The maximum absolute atomic E-state index is 12.4. The number of hydrogen-bond donors (Lipinski definition) is 0. The Balaban J connectivity index is 2.90. The van der Waals surface area contributed by atoms with Crippen molar-refractivity contribution in [2.24, 2.45) is 5.92 Å². The van der Waals surface area contributed by atoms with Crippen LogP contribution in [-0.2, 0) is 19.8 Å². The number of carbonyl (C=O) groups excluding carboxylic acids is 2. The molecule has 0 heterocycles. The van der Waals surface area contributed by atoms with Crippen LogP contribution in [0.2, 0.25) is 0 Å². The van der Waals surface area contributed by atoms with Crippen molar-refractivity contribution < 1.29 is 21.9 Å². The zero-order valence-electron chi connectivity index (χ0n) is 6.99. The average molecular weight is 208 g/mol. The Labute approximate surface area is 75.3 Å². The van der Waals surface area contributed by atoms with Gasteiger partial charge < -0.3 is 0 Å². The third-order valence-corrected chi connectivity index (χ3v) is 3.36. The van der Waals surface area contributed by atoms with E-state index in [0.717, 1.165) is 0 Å². The van der Waals surface area contributed by atoms with E-state index in [9.17, 15) is 21.9 Å². The van der Waals surface area contributed by atoms with Crippen LogP contribution in [0.5, 0.6) is 0 Å². The summed E-state index contributed by atoms with van der Waals surface area (Å²) in [7, 11) is -4.82. The first-order valence-corrected chi connectivity index (χ1v) is 5.26. The van der Waals surface area contributed by atoms with Crippen LogP contribution in [0.25, 0.3) is 0 Å². The molecule has 13 heavy (non-hydrogen) atoms. The zero-order valence-corrected chi connectivity index (χ0v) is 7.80. The van der Waals surface area contributed by atoms with Gasteiger partial charge in [0.05, 0.1) is 5.92 Å². The molecule has 2 atom stereocenters. The highest BCUT2D eigenvalue weighted by Gasteiger charge is 2.44. The van der Waals surface area contributed by atoms with E-state index in [2.05, 4.69) is 0 Å². The second-order valence-corrected chi connectivity index (χ2v) is 4.63. The second-order valence-electron chi connectivity index (χ2n) is 3.11. The van der Waals surface area contributed by atoms with Crippen LogP contribution in [0.15, 0.2) is 0 Å². The lowest BCUT2D eigenvalue weighted by molar-refractivity contribution is -0.129. The SMILES string of the molecule is CC(=O)C1CCC(S(=O)(=O)F)C1=O. The Bertz CT molecular complexity index is 346. The fraction of sp³-hybridized carbons (Fsp3) is 0.714. The van der Waals surface area contributed by atoms with Gasteiger partial charge in [-0.15, -0.1) is 3.89 Å². The van der Waals surface area contributed by atoms with Crippen LogP contribution in [-0.4, -0.2) is 25.2 Å². The quantitative estimate of drug-likeness (QED) is 0.481. The molecule has 1 aliphatic rings. The van der Waals surface area contributed by atoms with Crippen LogP contribution in [0.3, 0.4) is 0 Å². The molecule has 0 saturated heterocycles. The Hall–Kier alpha value is -0.780. The average Bonchev–Trinajstić information content (AvgIpc) is 2.28. The Morgan fingerprint density at radius 3 is 2.23 bits per heavy atom. The summed E-state index contributed by atoms with van der Waals surface area (Å²) in [5, 5.41) is -1.61. The van der Waals surface area contributed by atoms with Crippen LogP contribution >= 0.6 is 0 Å². The highest BCUT2D eigenvalue weighted by molar-refractivity contribution is 7.87. The van der Waals surface area contributed by atoms with Gasteiger partial charge in [0.1, 0.15) is 11.0 Å². The van der Waals surface area contributed by atoms with Crippen molar-refractivity contribution in [3.63, 3.8) is 0 Å². The first-order valence-electron chi connectivity index (χ1n) is 3.81. The van der Waals surface area contributed by atoms with E-state index in [4.69, 9.17) is 0 Å². The van der Waals surface area contributed by atoms with E-state index in [0.29, 0.717) is 0 Å². The van der Waals surface area contributed by atoms with Gasteiger partial charge in [-0.2, -0.15) is 8.42 Å². The van der Waals surface area contributed by atoms with Crippen molar-refractivity contribution in [2.75, 3.05) is 0 Å². The van der Waals surface area contributed by atoms with Crippen LogP contribution in [0.4, 0.5) is 3.89 Å². The first kappa shape index (κ1) is 10.3. The molecular formula is C7H9FO4S. The maximum atomic E-state index is 12.4. The molecule has 0 aliphatic heterocycles. The first-order chi connectivity index (χ1) is 5.84. The number of ketones is 2. The summed E-state index contributed by atoms with van der Waals surface area (Å²) in [5.74, 6) is -2.11. The van der Waals surface area contributed by atoms with E-state index in [1.165, 1.54) is 6.92 Å². The Morgan fingerprint density at radius 1 is 1.46 bits per heavy atom. The Morgan fingerprint density at radius 2 is 2.00 bits per heavy atom. The van der Waals surface area contributed by atoms with Crippen LogP contribution in [0, 0.1) is 5.92 Å². The van der Waals surface area contributed by atoms with Gasteiger partial charge in [0, 0.05) is 0 Å². The minimum atomic E-state index is -4.82. The predicted octanol–water partition coefficient (Wildman–Crippen LogP) is 0.222. The predicted molar refractivity (Wildman–Crippen MR) is 42.2 cm³/mol. The molecule has 1 rings (SSSR count). The maximum Gasteiger partial charge on any atom is 0.312 e. The molecule has 1 fully saturated rings. The zero-order chi connectivity index (χ0) is 10.2. The van der Waals surface area contributed by atoms with Crippen LogP contribution in [0.1, 0.15) is 19.8 Å². The van der Waals surface area contributed by atoms with E-state index >= 15 is 0 Å². The minimum absolute atomic E-state index is 0.0814. The molecular weight excluding hydrogens is 199 g/mol. The lowest BCUT2D eigenvalue weighted by Crippen LogP contribution is -2.27. The van der Waals surface area contributed by atoms with Gasteiger partial charge in [-0.3, -0.25) is 9.59 Å². The molecule has 0 aromatic carbocycles. The standard InChI is InChI=1S/C7H9FO4S/c1-4(9)5-2-3-6(7(5)10)13(8,11)12/h5-6H,2-3H2,1H3. The van der Waals surface area contributed by atoms with Crippen molar-refractivity contribution >= 4 is 21.8 Å². The molecule has 0 bridgehead atoms. The van der Waals surface area contributed by atoms with Crippen molar-refractivity contribution in [1.29, 1.82) is 0 Å². The third-order valence-electron chi connectivity index (χ3n) is 2.21. The van der Waals surface area contributed by atoms with Gasteiger partial charge in [0.25, 0.3) is 0 Å². The summed E-state index contributed by atoms with van der Waals surface area (Å²) in [6.07, 6.45) is 0.0594. The van der Waals surface area contributed by atoms with E-state index < -0.39 is 33.0 Å². The summed E-state index contributed by atoms with van der Waals surface area (Å²) < 4.78 is 33.2. The summed E-state index contributed by atoms with van der Waals surface area (Å²) >= 11 is 0. The largest absolute Gasteiger partial charge is 0.312 e. The molecule has 2 unspecified atom stereocenters. The van der Waals surface area contributed by atoms with Crippen molar-refractivity contribution in [2.45, 2.75) is 25.0 Å². The van der Waals surface area contributed by atoms with E-state index in [1.807, 2.05) is 0 Å². The smallest absolute Gasteiger partial charge is 0.299 e. The van der Waals surface area contributed by atoms with Gasteiger partial charge >= 0.3 is 10.2 Å². The molecule has 4 nitrogen and oxygen atoms in total. The summed E-state index contributed by atoms with van der Waals surface area (Å²) in [4.78, 5) is 21.9. The molecule has 1 aliphatic carbocycles. The second kappa shape index (κ2) is 3.17. The molecule has 1 saturated carbocycles. The van der Waals surface area contributed by atoms with Crippen molar-refractivity contribution in [3.05, 3.63) is 0 Å². The molecule has 0 N–H and O–H groups in total. The van der Waals surface area contributed by atoms with E-state index in [1.54, 1.807) is 0 Å². The fourth-order valence-corrected chi connectivity index (χ4v) is 2.37. The number of hydrogen-bond acceptors (Lipinski definition) is 4. The number of Topliss-reactive ketones (excluding diaryl/α,β-unsaturated/α-hetero) is 2. The third kappa shape index (κ3) is 1.93. The van der Waals surface area contributed by atoms with Gasteiger partial charge in [0.15, 0.2) is 5.78 Å². The molecule has 0 aromatic heterocycles. The monoisotopic (exact) mass is 208 g/mol. The molecule has 0 radical (unpaired) electrons. The normalized spacial score (nSPS) is 29.2. The topological polar surface area (TPSA) is 68.3 Å². The minimum Gasteiger partial charge on any atom is -0.299 e. The fourth-order valence-electron chi connectivity index (χ4n) is 1.51. The lowest BCUT2D eigenvalue weighted by Gasteiger charge is -2.03. The summed E-state index contributed by atoms with van der Waals surface area (Å²) in [6, 6.07) is 0. The highest BCUT2D eigenvalue weighted by atomic mass is 32.3. The molecule has 74 valence electrons. The van der Waals surface area contributed by atoms with E-state index in [-0.39, 0.29) is 12.8 Å². The highest BCUT2D eigenvalue weighted by Crippen LogP contribution is 2.28. The lowest BCUT2D eigenvalue weighted by atomic mass is 10.0. The number of halogens is 1. The number of rotatable bonds is 2. The summed E-state index contributed by atoms with van der Waals surface area (Å²) in [6.45, 7) is 1.20. The van der Waals surface area contributed by atoms with Gasteiger partial charge in [-0.05, 0) is 19.8 Å². The number of carbonyl (C=O) groups is 2. The summed E-state index contributed by atoms with van der Waals surface area (Å²) in [5.41, 5.74) is 0. The van der Waals surface area contributed by atoms with Gasteiger partial charge in [-0.25, -0.2) is 0 Å². The van der Waals surface area contributed by atoms with Crippen LogP contribution < -0.4 is 0 Å². The van der Waals surface area contributed by atoms with Gasteiger partial charge in [-0.1, -0.05) is 0 Å². The van der Waals surface area contributed by atoms with Crippen molar-refractivity contribution in [3.8, 4) is 0 Å². The molecule has 0 spiro atoms. The molecule has 6 heteroatoms. The van der Waals surface area contributed by atoms with Crippen molar-refractivity contribution in [1.82, 2.24) is 0 Å². The van der Waals surface area contributed by atoms with Gasteiger partial charge in [0.2, 0.25) is 0 Å². The molecule has 0 aromatic rings. The Kier molecular flexibility index (Phi) is 2.51.